The summed E-state index contributed by atoms with van der Waals surface area (Å²) in [6.07, 6.45) is 4.11. The lowest BCUT2D eigenvalue weighted by molar-refractivity contribution is -0.116. The maximum atomic E-state index is 12.5. The van der Waals surface area contributed by atoms with E-state index in [0.29, 0.717) is 17.5 Å². The molecule has 3 N–H and O–H groups in total. The number of hydrogen-bond acceptors (Lipinski definition) is 5. The summed E-state index contributed by atoms with van der Waals surface area (Å²) < 4.78 is 5.42. The molecular formula is C21H26N4O3S. The highest BCUT2D eigenvalue weighted by Gasteiger charge is 2.24. The number of carbonyl (C=O) groups excluding carboxylic acids is 2. The molecule has 2 aromatic rings. The van der Waals surface area contributed by atoms with Crippen molar-refractivity contribution < 1.29 is 14.3 Å². The van der Waals surface area contributed by atoms with Crippen LogP contribution in [0.4, 0.5) is 15.6 Å². The Kier molecular flexibility index (Phi) is 6.10. The number of aromatic nitrogens is 1. The van der Waals surface area contributed by atoms with E-state index in [1.807, 2.05) is 17.5 Å². The third-order valence-electron chi connectivity index (χ3n) is 5.61. The quantitative estimate of drug-likeness (QED) is 0.689. The van der Waals surface area contributed by atoms with Gasteiger partial charge in [-0.25, -0.2) is 9.78 Å². The number of anilines is 2. The second-order valence-corrected chi connectivity index (χ2v) is 8.38. The van der Waals surface area contributed by atoms with Crippen LogP contribution in [0.2, 0.25) is 0 Å². The van der Waals surface area contributed by atoms with Gasteiger partial charge in [0.2, 0.25) is 5.91 Å². The molecule has 8 heteroatoms. The molecule has 4 rings (SSSR count). The minimum atomic E-state index is -0.211. The first-order valence-electron chi connectivity index (χ1n) is 10.2. The molecule has 0 spiro atoms. The van der Waals surface area contributed by atoms with Crippen molar-refractivity contribution in [2.45, 2.75) is 45.1 Å². The Morgan fingerprint density at radius 2 is 2.17 bits per heavy atom. The van der Waals surface area contributed by atoms with Gasteiger partial charge < -0.3 is 15.4 Å². The number of nitrogens with zero attached hydrogens (tertiary/aromatic N) is 1. The molecule has 1 unspecified atom stereocenters. The number of fused-ring (bicyclic) bond motifs is 1. The Hall–Kier alpha value is -2.45. The Bertz CT molecular complexity index is 892. The predicted octanol–water partition coefficient (Wildman–Crippen LogP) is 4.02. The highest BCUT2D eigenvalue weighted by atomic mass is 32.1. The largest absolute Gasteiger partial charge is 0.381 e. The Labute approximate surface area is 174 Å². The van der Waals surface area contributed by atoms with E-state index in [4.69, 9.17) is 4.74 Å². The maximum Gasteiger partial charge on any atom is 0.321 e. The SMILES string of the molecule is CCC(NC(=O)Nc1nc(-c2ccc3c(c2)CCC(=O)N3)cs1)C1CCOCC1. The molecule has 1 aromatic heterocycles. The van der Waals surface area contributed by atoms with Crippen LogP contribution < -0.4 is 16.0 Å². The van der Waals surface area contributed by atoms with Crippen molar-refractivity contribution in [1.29, 1.82) is 0 Å². The van der Waals surface area contributed by atoms with E-state index in [1.165, 1.54) is 11.3 Å². The summed E-state index contributed by atoms with van der Waals surface area (Å²) >= 11 is 1.41. The van der Waals surface area contributed by atoms with Crippen molar-refractivity contribution in [2.75, 3.05) is 23.8 Å². The number of amides is 3. The molecule has 0 bridgehead atoms. The number of ether oxygens (including phenoxy) is 1. The van der Waals surface area contributed by atoms with Gasteiger partial charge in [-0.1, -0.05) is 13.0 Å². The summed E-state index contributed by atoms with van der Waals surface area (Å²) in [5.74, 6) is 0.518. The van der Waals surface area contributed by atoms with E-state index in [9.17, 15) is 9.59 Å². The molecule has 3 heterocycles. The highest BCUT2D eigenvalue weighted by molar-refractivity contribution is 7.14. The van der Waals surface area contributed by atoms with Gasteiger partial charge in [-0.15, -0.1) is 11.3 Å². The number of aryl methyl sites for hydroxylation is 1. The topological polar surface area (TPSA) is 92.4 Å². The molecule has 3 amide bonds. The zero-order chi connectivity index (χ0) is 20.2. The highest BCUT2D eigenvalue weighted by Crippen LogP contribution is 2.30. The van der Waals surface area contributed by atoms with Gasteiger partial charge in [0.05, 0.1) is 5.69 Å². The molecule has 0 saturated carbocycles. The molecule has 2 aliphatic heterocycles. The first-order valence-corrected chi connectivity index (χ1v) is 11.0. The van der Waals surface area contributed by atoms with Crippen molar-refractivity contribution in [1.82, 2.24) is 10.3 Å². The van der Waals surface area contributed by atoms with Crippen LogP contribution in [0.3, 0.4) is 0 Å². The van der Waals surface area contributed by atoms with Gasteiger partial charge >= 0.3 is 6.03 Å². The number of benzene rings is 1. The van der Waals surface area contributed by atoms with Gasteiger partial charge in [0.25, 0.3) is 0 Å². The third-order valence-corrected chi connectivity index (χ3v) is 6.37. The Morgan fingerprint density at radius 3 is 2.97 bits per heavy atom. The number of thiazole rings is 1. The van der Waals surface area contributed by atoms with Crippen LogP contribution in [0.15, 0.2) is 23.6 Å². The first-order chi connectivity index (χ1) is 14.1. The fraction of sp³-hybridized carbons (Fsp3) is 0.476. The molecule has 0 radical (unpaired) electrons. The van der Waals surface area contributed by atoms with E-state index in [-0.39, 0.29) is 18.0 Å². The van der Waals surface area contributed by atoms with Gasteiger partial charge in [-0.2, -0.15) is 0 Å². The van der Waals surface area contributed by atoms with Gasteiger partial charge in [0.15, 0.2) is 5.13 Å². The van der Waals surface area contributed by atoms with Gasteiger partial charge in [-0.3, -0.25) is 10.1 Å². The number of urea groups is 1. The first kappa shape index (κ1) is 19.8. The summed E-state index contributed by atoms with van der Waals surface area (Å²) in [7, 11) is 0. The second-order valence-electron chi connectivity index (χ2n) is 7.52. The fourth-order valence-corrected chi connectivity index (χ4v) is 4.69. The van der Waals surface area contributed by atoms with Crippen molar-refractivity contribution >= 4 is 34.1 Å². The molecule has 2 aliphatic rings. The summed E-state index contributed by atoms with van der Waals surface area (Å²) in [5, 5.41) is 11.4. The summed E-state index contributed by atoms with van der Waals surface area (Å²) in [6, 6.07) is 5.86. The van der Waals surface area contributed by atoms with Crippen molar-refractivity contribution in [3.05, 3.63) is 29.1 Å². The van der Waals surface area contributed by atoms with Crippen molar-refractivity contribution in [3.8, 4) is 11.3 Å². The average Bonchev–Trinajstić information content (AvgIpc) is 3.20. The van der Waals surface area contributed by atoms with Gasteiger partial charge in [-0.05, 0) is 49.3 Å². The summed E-state index contributed by atoms with van der Waals surface area (Å²) in [5.41, 5.74) is 3.79. The van der Waals surface area contributed by atoms with Crippen LogP contribution in [0.25, 0.3) is 11.3 Å². The predicted molar refractivity (Wildman–Crippen MR) is 114 cm³/mol. The summed E-state index contributed by atoms with van der Waals surface area (Å²) in [4.78, 5) is 28.5. The van der Waals surface area contributed by atoms with Crippen LogP contribution in [0.5, 0.6) is 0 Å². The molecule has 0 aliphatic carbocycles. The Balaban J connectivity index is 1.39. The Morgan fingerprint density at radius 1 is 1.34 bits per heavy atom. The minimum Gasteiger partial charge on any atom is -0.381 e. The van der Waals surface area contributed by atoms with Crippen molar-refractivity contribution in [2.24, 2.45) is 5.92 Å². The van der Waals surface area contributed by atoms with E-state index in [1.54, 1.807) is 0 Å². The monoisotopic (exact) mass is 414 g/mol. The normalized spacial score (nSPS) is 17.9. The zero-order valence-corrected chi connectivity index (χ0v) is 17.3. The molecular weight excluding hydrogens is 388 g/mol. The zero-order valence-electron chi connectivity index (χ0n) is 16.5. The molecule has 1 aromatic carbocycles. The lowest BCUT2D eigenvalue weighted by Gasteiger charge is -2.30. The smallest absolute Gasteiger partial charge is 0.321 e. The number of rotatable bonds is 5. The molecule has 1 saturated heterocycles. The van der Waals surface area contributed by atoms with Crippen molar-refractivity contribution in [3.63, 3.8) is 0 Å². The van der Waals surface area contributed by atoms with Crippen LogP contribution in [-0.4, -0.2) is 36.2 Å². The van der Waals surface area contributed by atoms with Crippen LogP contribution in [-0.2, 0) is 16.0 Å². The second kappa shape index (κ2) is 8.92. The molecule has 7 nitrogen and oxygen atoms in total. The van der Waals surface area contributed by atoms with Crippen LogP contribution in [0.1, 0.15) is 38.2 Å². The van der Waals surface area contributed by atoms with Gasteiger partial charge in [0, 0.05) is 42.3 Å². The van der Waals surface area contributed by atoms with Gasteiger partial charge in [0.1, 0.15) is 0 Å². The molecule has 1 fully saturated rings. The molecule has 1 atom stereocenters. The number of carbonyl (C=O) groups is 2. The number of nitrogens with one attached hydrogen (secondary N) is 3. The summed E-state index contributed by atoms with van der Waals surface area (Å²) in [6.45, 7) is 3.63. The molecule has 29 heavy (non-hydrogen) atoms. The number of hydrogen-bond donors (Lipinski definition) is 3. The minimum absolute atomic E-state index is 0.0579. The lowest BCUT2D eigenvalue weighted by atomic mass is 9.90. The average molecular weight is 415 g/mol. The molecule has 154 valence electrons. The lowest BCUT2D eigenvalue weighted by Crippen LogP contribution is -2.43. The van der Waals surface area contributed by atoms with Crippen LogP contribution >= 0.6 is 11.3 Å². The van der Waals surface area contributed by atoms with Crippen LogP contribution in [0, 0.1) is 5.92 Å². The van der Waals surface area contributed by atoms with E-state index in [0.717, 1.165) is 61.4 Å². The standard InChI is InChI=1S/C21H26N4O3S/c1-2-16(13-7-9-28-10-8-13)23-20(27)25-21-24-18(12-29-21)15-3-5-17-14(11-15)4-6-19(26)22-17/h3,5,11-13,16H,2,4,6-10H2,1H3,(H,22,26)(H2,23,24,25,27). The third kappa shape index (κ3) is 4.76. The van der Waals surface area contributed by atoms with E-state index >= 15 is 0 Å². The maximum absolute atomic E-state index is 12.5. The fourth-order valence-electron chi connectivity index (χ4n) is 3.98. The van der Waals surface area contributed by atoms with E-state index in [2.05, 4.69) is 33.9 Å². The van der Waals surface area contributed by atoms with E-state index < -0.39 is 0 Å².